The number of imide groups is 1. The SMILES string of the molecule is CSC1CC(=O)N(CN)C1=O. The molecule has 0 saturated carbocycles. The van der Waals surface area contributed by atoms with E-state index in [4.69, 9.17) is 5.73 Å². The second-order valence-corrected chi connectivity index (χ2v) is 3.31. The average molecular weight is 174 g/mol. The lowest BCUT2D eigenvalue weighted by atomic mass is 10.4. The van der Waals surface area contributed by atoms with Crippen molar-refractivity contribution in [3.05, 3.63) is 0 Å². The van der Waals surface area contributed by atoms with Gasteiger partial charge in [-0.2, -0.15) is 11.8 Å². The maximum absolute atomic E-state index is 11.2. The van der Waals surface area contributed by atoms with Crippen molar-refractivity contribution in [2.24, 2.45) is 5.73 Å². The van der Waals surface area contributed by atoms with Gasteiger partial charge >= 0.3 is 0 Å². The number of likely N-dealkylation sites (tertiary alicyclic amines) is 1. The Balaban J connectivity index is 2.71. The molecular weight excluding hydrogens is 164 g/mol. The van der Waals surface area contributed by atoms with E-state index in [2.05, 4.69) is 0 Å². The molecule has 4 nitrogen and oxygen atoms in total. The third-order valence-electron chi connectivity index (χ3n) is 1.67. The third kappa shape index (κ3) is 1.39. The van der Waals surface area contributed by atoms with Crippen LogP contribution in [0.25, 0.3) is 0 Å². The van der Waals surface area contributed by atoms with Gasteiger partial charge in [0.15, 0.2) is 0 Å². The van der Waals surface area contributed by atoms with Crippen LogP contribution in [-0.4, -0.2) is 34.9 Å². The molecule has 0 aromatic rings. The molecular formula is C6H10N2O2S. The number of rotatable bonds is 2. The molecule has 1 aliphatic heterocycles. The number of nitrogens with two attached hydrogens (primary N) is 1. The highest BCUT2D eigenvalue weighted by molar-refractivity contribution is 8.00. The molecule has 1 saturated heterocycles. The number of nitrogens with zero attached hydrogens (tertiary/aromatic N) is 1. The van der Waals surface area contributed by atoms with Crippen molar-refractivity contribution >= 4 is 23.6 Å². The van der Waals surface area contributed by atoms with Gasteiger partial charge in [0, 0.05) is 6.42 Å². The van der Waals surface area contributed by atoms with Crippen LogP contribution in [0.2, 0.25) is 0 Å². The van der Waals surface area contributed by atoms with Crippen LogP contribution in [0.15, 0.2) is 0 Å². The van der Waals surface area contributed by atoms with E-state index < -0.39 is 0 Å². The summed E-state index contributed by atoms with van der Waals surface area (Å²) in [7, 11) is 0. The number of thioether (sulfide) groups is 1. The summed E-state index contributed by atoms with van der Waals surface area (Å²) in [6.45, 7) is 0.00866. The molecule has 0 aromatic carbocycles. The number of carbonyl (C=O) groups excluding carboxylic acids is 2. The molecule has 1 unspecified atom stereocenters. The number of hydrogen-bond acceptors (Lipinski definition) is 4. The monoisotopic (exact) mass is 174 g/mol. The first-order valence-electron chi connectivity index (χ1n) is 3.27. The molecule has 1 fully saturated rings. The van der Waals surface area contributed by atoms with Gasteiger partial charge in [0.2, 0.25) is 11.8 Å². The Bertz CT molecular complexity index is 195. The van der Waals surface area contributed by atoms with Gasteiger partial charge in [0.25, 0.3) is 0 Å². The third-order valence-corrected chi connectivity index (χ3v) is 2.61. The topological polar surface area (TPSA) is 63.4 Å². The minimum absolute atomic E-state index is 0.00866. The first-order valence-corrected chi connectivity index (χ1v) is 4.56. The van der Waals surface area contributed by atoms with E-state index in [1.165, 1.54) is 11.8 Å². The van der Waals surface area contributed by atoms with Crippen molar-refractivity contribution in [1.82, 2.24) is 4.90 Å². The normalized spacial score (nSPS) is 24.9. The summed E-state index contributed by atoms with van der Waals surface area (Å²) >= 11 is 1.40. The van der Waals surface area contributed by atoms with E-state index in [1.54, 1.807) is 0 Å². The van der Waals surface area contributed by atoms with Gasteiger partial charge in [-0.25, -0.2) is 0 Å². The Kier molecular flexibility index (Phi) is 2.51. The molecule has 2 amide bonds. The van der Waals surface area contributed by atoms with E-state index in [0.717, 1.165) is 4.90 Å². The Labute approximate surface area is 69.1 Å². The number of carbonyl (C=O) groups is 2. The van der Waals surface area contributed by atoms with Crippen LogP contribution in [0.1, 0.15) is 6.42 Å². The molecule has 1 aliphatic rings. The lowest BCUT2D eigenvalue weighted by Crippen LogP contribution is -2.36. The zero-order valence-corrected chi connectivity index (χ0v) is 7.06. The summed E-state index contributed by atoms with van der Waals surface area (Å²) in [6, 6.07) is 0. The van der Waals surface area contributed by atoms with Gasteiger partial charge in [-0.05, 0) is 6.26 Å². The van der Waals surface area contributed by atoms with Crippen LogP contribution in [0.4, 0.5) is 0 Å². The van der Waals surface area contributed by atoms with Crippen molar-refractivity contribution in [1.29, 1.82) is 0 Å². The molecule has 11 heavy (non-hydrogen) atoms. The van der Waals surface area contributed by atoms with Gasteiger partial charge in [-0.15, -0.1) is 0 Å². The van der Waals surface area contributed by atoms with Gasteiger partial charge in [-0.1, -0.05) is 0 Å². The summed E-state index contributed by atoms with van der Waals surface area (Å²) in [5.41, 5.74) is 5.21. The van der Waals surface area contributed by atoms with E-state index in [1.807, 2.05) is 6.26 Å². The van der Waals surface area contributed by atoms with Gasteiger partial charge < -0.3 is 5.73 Å². The minimum Gasteiger partial charge on any atom is -0.313 e. The quantitative estimate of drug-likeness (QED) is 0.567. The smallest absolute Gasteiger partial charge is 0.243 e. The highest BCUT2D eigenvalue weighted by Crippen LogP contribution is 2.21. The summed E-state index contributed by atoms with van der Waals surface area (Å²) in [6.07, 6.45) is 2.12. The molecule has 62 valence electrons. The molecule has 1 heterocycles. The predicted molar refractivity (Wildman–Crippen MR) is 42.8 cm³/mol. The van der Waals surface area contributed by atoms with E-state index in [9.17, 15) is 9.59 Å². The van der Waals surface area contributed by atoms with Crippen LogP contribution >= 0.6 is 11.8 Å². The molecule has 2 N–H and O–H groups in total. The van der Waals surface area contributed by atoms with Gasteiger partial charge in [-0.3, -0.25) is 14.5 Å². The molecule has 1 atom stereocenters. The second kappa shape index (κ2) is 3.23. The molecule has 1 rings (SSSR count). The summed E-state index contributed by atoms with van der Waals surface area (Å²) in [5.74, 6) is -0.304. The highest BCUT2D eigenvalue weighted by Gasteiger charge is 2.36. The van der Waals surface area contributed by atoms with Crippen molar-refractivity contribution in [2.75, 3.05) is 12.9 Å². The zero-order valence-electron chi connectivity index (χ0n) is 6.24. The Morgan fingerprint density at radius 2 is 2.36 bits per heavy atom. The van der Waals surface area contributed by atoms with Crippen LogP contribution < -0.4 is 5.73 Å². The molecule has 0 aromatic heterocycles. The average Bonchev–Trinajstić information content (AvgIpc) is 2.26. The van der Waals surface area contributed by atoms with Crippen LogP contribution in [0.3, 0.4) is 0 Å². The fourth-order valence-electron chi connectivity index (χ4n) is 1.03. The number of amides is 2. The fraction of sp³-hybridized carbons (Fsp3) is 0.667. The minimum atomic E-state index is -0.203. The van der Waals surface area contributed by atoms with Crippen molar-refractivity contribution < 1.29 is 9.59 Å². The fourth-order valence-corrected chi connectivity index (χ4v) is 1.67. The van der Waals surface area contributed by atoms with Gasteiger partial charge in [0.05, 0.1) is 11.9 Å². The van der Waals surface area contributed by atoms with Crippen LogP contribution in [-0.2, 0) is 9.59 Å². The zero-order chi connectivity index (χ0) is 8.43. The predicted octanol–water partition coefficient (Wildman–Crippen LogP) is -0.607. The molecule has 5 heteroatoms. The maximum Gasteiger partial charge on any atom is 0.243 e. The van der Waals surface area contributed by atoms with Crippen LogP contribution in [0, 0.1) is 0 Å². The molecule has 0 aliphatic carbocycles. The van der Waals surface area contributed by atoms with Crippen molar-refractivity contribution in [3.8, 4) is 0 Å². The van der Waals surface area contributed by atoms with Gasteiger partial charge in [0.1, 0.15) is 0 Å². The summed E-state index contributed by atoms with van der Waals surface area (Å²) < 4.78 is 0. The largest absolute Gasteiger partial charge is 0.313 e. The van der Waals surface area contributed by atoms with E-state index in [0.29, 0.717) is 6.42 Å². The maximum atomic E-state index is 11.2. The van der Waals surface area contributed by atoms with Crippen LogP contribution in [0.5, 0.6) is 0 Å². The molecule has 0 spiro atoms. The first kappa shape index (κ1) is 8.55. The lowest BCUT2D eigenvalue weighted by Gasteiger charge is -2.09. The van der Waals surface area contributed by atoms with Crippen molar-refractivity contribution in [3.63, 3.8) is 0 Å². The van der Waals surface area contributed by atoms with E-state index >= 15 is 0 Å². The molecule has 0 radical (unpaired) electrons. The Morgan fingerprint density at radius 3 is 2.64 bits per heavy atom. The first-order chi connectivity index (χ1) is 5.20. The molecule has 0 bridgehead atoms. The van der Waals surface area contributed by atoms with E-state index in [-0.39, 0.29) is 23.7 Å². The number of hydrogen-bond donors (Lipinski definition) is 1. The Morgan fingerprint density at radius 1 is 1.73 bits per heavy atom. The summed E-state index contributed by atoms with van der Waals surface area (Å²) in [5, 5.41) is -0.203. The van der Waals surface area contributed by atoms with Crippen molar-refractivity contribution in [2.45, 2.75) is 11.7 Å². The standard InChI is InChI=1S/C6H10N2O2S/c1-11-4-2-5(9)8(3-7)6(4)10/h4H,2-3,7H2,1H3. The lowest BCUT2D eigenvalue weighted by molar-refractivity contribution is -0.138. The Hall–Kier alpha value is -0.550. The second-order valence-electron chi connectivity index (χ2n) is 2.27. The summed E-state index contributed by atoms with van der Waals surface area (Å²) in [4.78, 5) is 23.3. The highest BCUT2D eigenvalue weighted by atomic mass is 32.2.